The Bertz CT molecular complexity index is 451. The van der Waals surface area contributed by atoms with Crippen LogP contribution >= 0.6 is 0 Å². The van der Waals surface area contributed by atoms with Crippen molar-refractivity contribution in [3.05, 3.63) is 17.7 Å². The average Bonchev–Trinajstić information content (AvgIpc) is 2.12. The molecule has 0 saturated heterocycles. The molecule has 85 valence electrons. The first-order chi connectivity index (χ1) is 6.91. The zero-order valence-electron chi connectivity index (χ0n) is 7.65. The predicted octanol–water partition coefficient (Wildman–Crippen LogP) is -0.513. The van der Waals surface area contributed by atoms with Crippen LogP contribution in [0.2, 0.25) is 0 Å². The molecule has 1 aromatic carbocycles. The second-order valence-electron chi connectivity index (χ2n) is 2.47. The summed E-state index contributed by atoms with van der Waals surface area (Å²) >= 11 is 0. The van der Waals surface area contributed by atoms with Crippen LogP contribution in [-0.4, -0.2) is 29.7 Å². The van der Waals surface area contributed by atoms with Gasteiger partial charge in [0, 0.05) is 35.6 Å². The van der Waals surface area contributed by atoms with E-state index >= 15 is 0 Å². The van der Waals surface area contributed by atoms with Gasteiger partial charge in [-0.3, -0.25) is 0 Å². The number of hydrogen-bond donors (Lipinski definition) is 4. The maximum Gasteiger partial charge on any atom is 0.353 e. The van der Waals surface area contributed by atoms with Crippen molar-refractivity contribution in [3.63, 3.8) is 0 Å². The SMILES string of the molecule is O=C(O[SH](=O)=O)c1cc(O)c(O)c(O)c1.[La]. The molecule has 0 atom stereocenters. The third-order valence-corrected chi connectivity index (χ3v) is 1.78. The molecule has 9 heteroatoms. The second kappa shape index (κ2) is 6.09. The van der Waals surface area contributed by atoms with E-state index in [-0.39, 0.29) is 35.6 Å². The Morgan fingerprint density at radius 3 is 1.94 bits per heavy atom. The Balaban J connectivity index is 0.00000225. The van der Waals surface area contributed by atoms with Gasteiger partial charge in [0.05, 0.1) is 5.56 Å². The average molecular weight is 373 g/mol. The van der Waals surface area contributed by atoms with E-state index in [9.17, 15) is 13.2 Å². The van der Waals surface area contributed by atoms with E-state index in [1.807, 2.05) is 0 Å². The number of hydrogen-bond acceptors (Lipinski definition) is 7. The fraction of sp³-hybridized carbons (Fsp3) is 0. The Hall–Kier alpha value is -0.765. The van der Waals surface area contributed by atoms with Gasteiger partial charge in [-0.15, -0.1) is 0 Å². The van der Waals surface area contributed by atoms with Crippen LogP contribution in [-0.2, 0) is 15.2 Å². The summed E-state index contributed by atoms with van der Waals surface area (Å²) in [5.41, 5.74) is -0.401. The molecular weight excluding hydrogens is 367 g/mol. The summed E-state index contributed by atoms with van der Waals surface area (Å²) in [5, 5.41) is 26.9. The number of benzene rings is 1. The molecule has 0 heterocycles. The normalized spacial score (nSPS) is 9.56. The minimum atomic E-state index is -3.37. The standard InChI is InChI=1S/C7H6O7S.La/c8-4-1-3(2-5(9)6(4)10)7(11)14-15(12)13;/h1-2,8-10,15H;. The summed E-state index contributed by atoms with van der Waals surface area (Å²) in [6.45, 7) is 0. The first-order valence-electron chi connectivity index (χ1n) is 3.53. The quantitative estimate of drug-likeness (QED) is 0.407. The Labute approximate surface area is 119 Å². The zero-order chi connectivity index (χ0) is 11.6. The van der Waals surface area contributed by atoms with Gasteiger partial charge in [0.1, 0.15) is 0 Å². The predicted molar refractivity (Wildman–Crippen MR) is 47.2 cm³/mol. The maximum absolute atomic E-state index is 11.0. The number of rotatable bonds is 2. The number of carbonyl (C=O) groups excluding carboxylic acids is 1. The van der Waals surface area contributed by atoms with E-state index in [0.29, 0.717) is 0 Å². The monoisotopic (exact) mass is 373 g/mol. The molecule has 0 spiro atoms. The van der Waals surface area contributed by atoms with Gasteiger partial charge in [-0.05, 0) is 12.1 Å². The molecule has 0 aromatic heterocycles. The summed E-state index contributed by atoms with van der Waals surface area (Å²) in [7, 11) is -3.37. The minimum Gasteiger partial charge on any atom is -0.504 e. The largest absolute Gasteiger partial charge is 0.504 e. The zero-order valence-corrected chi connectivity index (χ0v) is 12.2. The van der Waals surface area contributed by atoms with Crippen LogP contribution in [0.15, 0.2) is 12.1 Å². The molecule has 16 heavy (non-hydrogen) atoms. The van der Waals surface area contributed by atoms with E-state index < -0.39 is 39.8 Å². The topological polar surface area (TPSA) is 121 Å². The van der Waals surface area contributed by atoms with E-state index in [2.05, 4.69) is 4.18 Å². The van der Waals surface area contributed by atoms with Gasteiger partial charge < -0.3 is 19.5 Å². The van der Waals surface area contributed by atoms with Gasteiger partial charge >= 0.3 is 17.0 Å². The Morgan fingerprint density at radius 2 is 1.56 bits per heavy atom. The van der Waals surface area contributed by atoms with Gasteiger partial charge in [0.15, 0.2) is 17.2 Å². The molecule has 0 fully saturated rings. The molecule has 0 bridgehead atoms. The first-order valence-corrected chi connectivity index (χ1v) is 4.63. The number of phenols is 3. The summed E-state index contributed by atoms with van der Waals surface area (Å²) in [4.78, 5) is 11.0. The molecule has 0 amide bonds. The van der Waals surface area contributed by atoms with Gasteiger partial charge in [0.2, 0.25) is 0 Å². The molecule has 1 radical (unpaired) electrons. The van der Waals surface area contributed by atoms with Crippen LogP contribution in [0.4, 0.5) is 0 Å². The van der Waals surface area contributed by atoms with Crippen LogP contribution in [0, 0.1) is 35.6 Å². The number of thiol groups is 1. The van der Waals surface area contributed by atoms with Crippen molar-refractivity contribution in [2.75, 3.05) is 0 Å². The molecule has 0 unspecified atom stereocenters. The first kappa shape index (κ1) is 15.2. The van der Waals surface area contributed by atoms with Crippen molar-refractivity contribution in [1.29, 1.82) is 0 Å². The summed E-state index contributed by atoms with van der Waals surface area (Å²) in [5.74, 6) is -3.60. The second-order valence-corrected chi connectivity index (χ2v) is 3.10. The fourth-order valence-corrected chi connectivity index (χ4v) is 1.08. The van der Waals surface area contributed by atoms with Gasteiger partial charge in [-0.1, -0.05) is 0 Å². The molecule has 0 aliphatic carbocycles. The third-order valence-electron chi connectivity index (χ3n) is 1.46. The van der Waals surface area contributed by atoms with Gasteiger partial charge in [-0.25, -0.2) is 4.79 Å². The molecule has 0 aliphatic heterocycles. The van der Waals surface area contributed by atoms with Gasteiger partial charge in [-0.2, -0.15) is 8.42 Å². The van der Waals surface area contributed by atoms with Crippen LogP contribution in [0.25, 0.3) is 0 Å². The maximum atomic E-state index is 11.0. The van der Waals surface area contributed by atoms with E-state index in [1.54, 1.807) is 0 Å². The number of aromatic hydroxyl groups is 3. The third kappa shape index (κ3) is 3.67. The summed E-state index contributed by atoms with van der Waals surface area (Å²) in [6.07, 6.45) is 0. The van der Waals surface area contributed by atoms with Crippen LogP contribution in [0.1, 0.15) is 10.4 Å². The van der Waals surface area contributed by atoms with E-state index in [1.165, 1.54) is 0 Å². The number of phenolic OH excluding ortho intramolecular Hbond substituents is 3. The summed E-state index contributed by atoms with van der Waals surface area (Å²) in [6, 6.07) is 1.52. The smallest absolute Gasteiger partial charge is 0.353 e. The van der Waals surface area contributed by atoms with Crippen LogP contribution < -0.4 is 0 Å². The Kier molecular flexibility index (Phi) is 5.80. The fourth-order valence-electron chi connectivity index (χ4n) is 0.842. The van der Waals surface area contributed by atoms with Crippen molar-refractivity contribution in [3.8, 4) is 17.2 Å². The molecule has 0 aliphatic rings. The van der Waals surface area contributed by atoms with Crippen LogP contribution in [0.5, 0.6) is 17.2 Å². The molecule has 0 saturated carbocycles. The molecule has 3 N–H and O–H groups in total. The molecular formula is C7H6LaO7S. The van der Waals surface area contributed by atoms with E-state index in [4.69, 9.17) is 15.3 Å². The summed E-state index contributed by atoms with van der Waals surface area (Å²) < 4.78 is 23.9. The molecule has 7 nitrogen and oxygen atoms in total. The van der Waals surface area contributed by atoms with Gasteiger partial charge in [0.25, 0.3) is 0 Å². The van der Waals surface area contributed by atoms with E-state index in [0.717, 1.165) is 12.1 Å². The Morgan fingerprint density at radius 1 is 1.12 bits per heavy atom. The van der Waals surface area contributed by atoms with Crippen molar-refractivity contribution >= 4 is 17.0 Å². The number of carbonyl (C=O) groups is 1. The van der Waals surface area contributed by atoms with Crippen molar-refractivity contribution in [2.45, 2.75) is 0 Å². The van der Waals surface area contributed by atoms with Crippen molar-refractivity contribution < 1.29 is 68.3 Å². The van der Waals surface area contributed by atoms with Crippen LogP contribution in [0.3, 0.4) is 0 Å². The minimum absolute atomic E-state index is 0. The van der Waals surface area contributed by atoms with Crippen molar-refractivity contribution in [1.82, 2.24) is 0 Å². The van der Waals surface area contributed by atoms with Crippen molar-refractivity contribution in [2.24, 2.45) is 0 Å². The molecule has 1 rings (SSSR count). The molecule has 1 aromatic rings.